The molecule has 0 aliphatic carbocycles. The van der Waals surface area contributed by atoms with Gasteiger partial charge in [0.2, 0.25) is 5.91 Å². The molecule has 0 radical (unpaired) electrons. The summed E-state index contributed by atoms with van der Waals surface area (Å²) in [5, 5.41) is 3.11. The van der Waals surface area contributed by atoms with E-state index in [0.717, 1.165) is 5.56 Å². The Labute approximate surface area is 88.5 Å². The van der Waals surface area contributed by atoms with Crippen molar-refractivity contribution in [3.63, 3.8) is 0 Å². The van der Waals surface area contributed by atoms with E-state index in [1.807, 2.05) is 6.07 Å². The second kappa shape index (κ2) is 6.14. The van der Waals surface area contributed by atoms with E-state index in [-0.39, 0.29) is 11.7 Å². The van der Waals surface area contributed by atoms with Crippen LogP contribution in [0.5, 0.6) is 0 Å². The van der Waals surface area contributed by atoms with Gasteiger partial charge in [-0.15, -0.1) is 0 Å². The van der Waals surface area contributed by atoms with Gasteiger partial charge in [0.05, 0.1) is 0 Å². The number of nitrogens with two attached hydrogens (primary N) is 1. The van der Waals surface area contributed by atoms with Gasteiger partial charge in [0.25, 0.3) is 0 Å². The SMILES string of the molecule is NC(=O)CCCNCc1cccc(F)c1. The van der Waals surface area contributed by atoms with Gasteiger partial charge in [0.15, 0.2) is 0 Å². The van der Waals surface area contributed by atoms with Gasteiger partial charge in [-0.3, -0.25) is 4.79 Å². The summed E-state index contributed by atoms with van der Waals surface area (Å²) in [5.74, 6) is -0.519. The molecule has 1 aromatic rings. The number of amides is 1. The number of nitrogens with one attached hydrogen (secondary N) is 1. The monoisotopic (exact) mass is 210 g/mol. The van der Waals surface area contributed by atoms with Crippen LogP contribution in [0, 0.1) is 5.82 Å². The quantitative estimate of drug-likeness (QED) is 0.693. The Hall–Kier alpha value is -1.42. The summed E-state index contributed by atoms with van der Waals surface area (Å²) in [4.78, 5) is 10.4. The van der Waals surface area contributed by atoms with Crippen LogP contribution in [-0.2, 0) is 11.3 Å². The first-order valence-electron chi connectivity index (χ1n) is 4.92. The average Bonchev–Trinajstić information content (AvgIpc) is 2.17. The van der Waals surface area contributed by atoms with E-state index in [9.17, 15) is 9.18 Å². The Kier molecular flexibility index (Phi) is 4.77. The highest BCUT2D eigenvalue weighted by Crippen LogP contribution is 2.02. The molecule has 1 amide bonds. The second-order valence-electron chi connectivity index (χ2n) is 3.38. The van der Waals surface area contributed by atoms with Gasteiger partial charge in [-0.05, 0) is 30.7 Å². The molecular weight excluding hydrogens is 195 g/mol. The van der Waals surface area contributed by atoms with Crippen molar-refractivity contribution in [2.24, 2.45) is 5.73 Å². The molecule has 0 aliphatic rings. The van der Waals surface area contributed by atoms with Gasteiger partial charge < -0.3 is 11.1 Å². The maximum Gasteiger partial charge on any atom is 0.217 e. The third-order valence-corrected chi connectivity index (χ3v) is 1.99. The van der Waals surface area contributed by atoms with Crippen LogP contribution in [0.1, 0.15) is 18.4 Å². The smallest absolute Gasteiger partial charge is 0.217 e. The van der Waals surface area contributed by atoms with Gasteiger partial charge >= 0.3 is 0 Å². The molecule has 0 saturated heterocycles. The Morgan fingerprint density at radius 3 is 2.93 bits per heavy atom. The lowest BCUT2D eigenvalue weighted by atomic mass is 10.2. The standard InChI is InChI=1S/C11H15FN2O/c12-10-4-1-3-9(7-10)8-14-6-2-5-11(13)15/h1,3-4,7,14H,2,5-6,8H2,(H2,13,15). The van der Waals surface area contributed by atoms with Gasteiger partial charge in [-0.1, -0.05) is 12.1 Å². The minimum absolute atomic E-state index is 0.230. The molecule has 0 aliphatic heterocycles. The molecule has 3 nitrogen and oxygen atoms in total. The maximum atomic E-state index is 12.8. The molecule has 3 N–H and O–H groups in total. The Bertz CT molecular complexity index is 328. The Balaban J connectivity index is 2.17. The number of rotatable bonds is 6. The zero-order valence-electron chi connectivity index (χ0n) is 8.50. The zero-order valence-corrected chi connectivity index (χ0v) is 8.50. The molecule has 0 heterocycles. The molecule has 0 saturated carbocycles. The highest BCUT2D eigenvalue weighted by Gasteiger charge is 1.96. The highest BCUT2D eigenvalue weighted by molar-refractivity contribution is 5.73. The van der Waals surface area contributed by atoms with Crippen LogP contribution in [0.3, 0.4) is 0 Å². The largest absolute Gasteiger partial charge is 0.370 e. The minimum Gasteiger partial charge on any atom is -0.370 e. The maximum absolute atomic E-state index is 12.8. The number of hydrogen-bond donors (Lipinski definition) is 2. The molecule has 15 heavy (non-hydrogen) atoms. The summed E-state index contributed by atoms with van der Waals surface area (Å²) in [5.41, 5.74) is 5.89. The predicted molar refractivity (Wildman–Crippen MR) is 56.5 cm³/mol. The molecule has 1 rings (SSSR count). The lowest BCUT2D eigenvalue weighted by Crippen LogP contribution is -2.18. The fourth-order valence-electron chi connectivity index (χ4n) is 1.27. The fraction of sp³-hybridized carbons (Fsp3) is 0.364. The van der Waals surface area contributed by atoms with E-state index in [0.29, 0.717) is 25.9 Å². The van der Waals surface area contributed by atoms with E-state index in [2.05, 4.69) is 5.32 Å². The van der Waals surface area contributed by atoms with Crippen LogP contribution in [0.25, 0.3) is 0 Å². The van der Waals surface area contributed by atoms with E-state index in [4.69, 9.17) is 5.73 Å². The molecule has 0 atom stereocenters. The molecule has 0 spiro atoms. The van der Waals surface area contributed by atoms with Crippen LogP contribution in [-0.4, -0.2) is 12.5 Å². The molecule has 82 valence electrons. The van der Waals surface area contributed by atoms with E-state index in [1.54, 1.807) is 6.07 Å². The zero-order chi connectivity index (χ0) is 11.1. The van der Waals surface area contributed by atoms with Crippen LogP contribution >= 0.6 is 0 Å². The Morgan fingerprint density at radius 1 is 1.47 bits per heavy atom. The number of carbonyl (C=O) groups excluding carboxylic acids is 1. The first kappa shape index (κ1) is 11.7. The third-order valence-electron chi connectivity index (χ3n) is 1.99. The molecule has 0 fully saturated rings. The predicted octanol–water partition coefficient (Wildman–Crippen LogP) is 1.18. The number of hydrogen-bond acceptors (Lipinski definition) is 2. The van der Waals surface area contributed by atoms with Crippen molar-refractivity contribution in [2.75, 3.05) is 6.54 Å². The van der Waals surface area contributed by atoms with Crippen molar-refractivity contribution < 1.29 is 9.18 Å². The van der Waals surface area contributed by atoms with Gasteiger partial charge in [0, 0.05) is 13.0 Å². The van der Waals surface area contributed by atoms with E-state index in [1.165, 1.54) is 12.1 Å². The summed E-state index contributed by atoms with van der Waals surface area (Å²) in [6, 6.07) is 6.43. The van der Waals surface area contributed by atoms with Crippen molar-refractivity contribution in [2.45, 2.75) is 19.4 Å². The second-order valence-corrected chi connectivity index (χ2v) is 3.38. The van der Waals surface area contributed by atoms with Crippen molar-refractivity contribution in [1.29, 1.82) is 0 Å². The van der Waals surface area contributed by atoms with Crippen LogP contribution in [0.2, 0.25) is 0 Å². The van der Waals surface area contributed by atoms with Crippen molar-refractivity contribution in [3.8, 4) is 0 Å². The van der Waals surface area contributed by atoms with Crippen molar-refractivity contribution in [1.82, 2.24) is 5.32 Å². The first-order chi connectivity index (χ1) is 7.18. The minimum atomic E-state index is -0.289. The van der Waals surface area contributed by atoms with Crippen LogP contribution < -0.4 is 11.1 Å². The van der Waals surface area contributed by atoms with E-state index >= 15 is 0 Å². The lowest BCUT2D eigenvalue weighted by molar-refractivity contribution is -0.118. The third kappa shape index (κ3) is 5.12. The van der Waals surface area contributed by atoms with Crippen LogP contribution in [0.4, 0.5) is 4.39 Å². The average molecular weight is 210 g/mol. The van der Waals surface area contributed by atoms with Gasteiger partial charge in [0.1, 0.15) is 5.82 Å². The lowest BCUT2D eigenvalue weighted by Gasteiger charge is -2.03. The van der Waals surface area contributed by atoms with Gasteiger partial charge in [-0.25, -0.2) is 4.39 Å². The molecule has 4 heteroatoms. The highest BCUT2D eigenvalue weighted by atomic mass is 19.1. The van der Waals surface area contributed by atoms with E-state index < -0.39 is 0 Å². The summed E-state index contributed by atoms with van der Waals surface area (Å²) >= 11 is 0. The summed E-state index contributed by atoms with van der Waals surface area (Å²) in [6.07, 6.45) is 1.10. The normalized spacial score (nSPS) is 10.2. The molecule has 1 aromatic carbocycles. The number of benzene rings is 1. The molecule has 0 bridgehead atoms. The van der Waals surface area contributed by atoms with Crippen molar-refractivity contribution in [3.05, 3.63) is 35.6 Å². The Morgan fingerprint density at radius 2 is 2.27 bits per heavy atom. The molecular formula is C11H15FN2O. The summed E-state index contributed by atoms with van der Waals surface area (Å²) in [7, 11) is 0. The molecule has 0 unspecified atom stereocenters. The fourth-order valence-corrected chi connectivity index (χ4v) is 1.27. The number of halogens is 1. The first-order valence-corrected chi connectivity index (χ1v) is 4.92. The molecule has 0 aromatic heterocycles. The van der Waals surface area contributed by atoms with Crippen LogP contribution in [0.15, 0.2) is 24.3 Å². The number of carbonyl (C=O) groups is 1. The summed E-state index contributed by atoms with van der Waals surface area (Å²) in [6.45, 7) is 1.32. The van der Waals surface area contributed by atoms with Crippen molar-refractivity contribution >= 4 is 5.91 Å². The topological polar surface area (TPSA) is 55.1 Å². The summed E-state index contributed by atoms with van der Waals surface area (Å²) < 4.78 is 12.8. The van der Waals surface area contributed by atoms with Gasteiger partial charge in [-0.2, -0.15) is 0 Å². The number of primary amides is 1.